The zero-order valence-corrected chi connectivity index (χ0v) is 8.16. The van der Waals surface area contributed by atoms with Crippen LogP contribution >= 0.6 is 0 Å². The van der Waals surface area contributed by atoms with Crippen LogP contribution in [0.5, 0.6) is 0 Å². The quantitative estimate of drug-likeness (QED) is 0.685. The minimum absolute atomic E-state index is 0. The molecule has 1 aromatic carbocycles. The van der Waals surface area contributed by atoms with Gasteiger partial charge in [0, 0.05) is 18.5 Å². The van der Waals surface area contributed by atoms with Crippen LogP contribution in [0.15, 0.2) is 30.3 Å². The van der Waals surface area contributed by atoms with Gasteiger partial charge >= 0.3 is 0 Å². The first-order valence-corrected chi connectivity index (χ1v) is 4.43. The number of carbonyl (C=O) groups is 1. The standard InChI is InChI=1S/C11H15NO.CH4/c1-12(2)9-8-11(13)10-6-4-3-5-7-10;/h3-7H,8-9H2,1-2H3;1H4. The minimum Gasteiger partial charge on any atom is -0.309 e. The normalized spacial score (nSPS) is 9.64. The van der Waals surface area contributed by atoms with E-state index in [1.165, 1.54) is 0 Å². The Morgan fingerprint density at radius 1 is 1.21 bits per heavy atom. The Labute approximate surface area is 86.5 Å². The summed E-state index contributed by atoms with van der Waals surface area (Å²) >= 11 is 0. The highest BCUT2D eigenvalue weighted by Crippen LogP contribution is 2.02. The molecule has 14 heavy (non-hydrogen) atoms. The summed E-state index contributed by atoms with van der Waals surface area (Å²) in [6.45, 7) is 0.813. The first-order chi connectivity index (χ1) is 6.20. The Bertz CT molecular complexity index is 267. The van der Waals surface area contributed by atoms with Gasteiger partial charge in [0.1, 0.15) is 0 Å². The Morgan fingerprint density at radius 2 is 1.79 bits per heavy atom. The maximum atomic E-state index is 11.5. The van der Waals surface area contributed by atoms with E-state index in [4.69, 9.17) is 0 Å². The summed E-state index contributed by atoms with van der Waals surface area (Å²) in [6.07, 6.45) is 0.594. The van der Waals surface area contributed by atoms with Gasteiger partial charge in [-0.05, 0) is 14.1 Å². The molecule has 2 nitrogen and oxygen atoms in total. The van der Waals surface area contributed by atoms with Crippen LogP contribution in [0.1, 0.15) is 24.2 Å². The van der Waals surface area contributed by atoms with Crippen LogP contribution in [-0.2, 0) is 0 Å². The van der Waals surface area contributed by atoms with E-state index in [1.807, 2.05) is 49.3 Å². The summed E-state index contributed by atoms with van der Waals surface area (Å²) in [7, 11) is 3.94. The zero-order chi connectivity index (χ0) is 9.68. The topological polar surface area (TPSA) is 20.3 Å². The summed E-state index contributed by atoms with van der Waals surface area (Å²) in [5, 5.41) is 0. The van der Waals surface area contributed by atoms with Gasteiger partial charge in [0.2, 0.25) is 0 Å². The van der Waals surface area contributed by atoms with Gasteiger partial charge in [-0.1, -0.05) is 37.8 Å². The highest BCUT2D eigenvalue weighted by molar-refractivity contribution is 5.96. The molecule has 0 saturated carbocycles. The van der Waals surface area contributed by atoms with Crippen molar-refractivity contribution in [3.8, 4) is 0 Å². The fourth-order valence-corrected chi connectivity index (χ4v) is 1.09. The summed E-state index contributed by atoms with van der Waals surface area (Å²) < 4.78 is 0. The van der Waals surface area contributed by atoms with E-state index in [0.717, 1.165) is 12.1 Å². The highest BCUT2D eigenvalue weighted by Gasteiger charge is 2.04. The number of nitrogens with zero attached hydrogens (tertiary/aromatic N) is 1. The van der Waals surface area contributed by atoms with E-state index in [9.17, 15) is 4.79 Å². The Morgan fingerprint density at radius 3 is 2.29 bits per heavy atom. The molecule has 0 aliphatic carbocycles. The molecule has 0 saturated heterocycles. The molecule has 0 radical (unpaired) electrons. The molecule has 0 bridgehead atoms. The number of hydrogen-bond donors (Lipinski definition) is 0. The predicted molar refractivity (Wildman–Crippen MR) is 60.7 cm³/mol. The van der Waals surface area contributed by atoms with Gasteiger partial charge in [-0.15, -0.1) is 0 Å². The lowest BCUT2D eigenvalue weighted by Crippen LogP contribution is -2.16. The van der Waals surface area contributed by atoms with Crippen LogP contribution in [0, 0.1) is 0 Å². The average molecular weight is 193 g/mol. The smallest absolute Gasteiger partial charge is 0.164 e. The number of ketones is 1. The molecule has 0 unspecified atom stereocenters. The molecule has 0 spiro atoms. The Kier molecular flexibility index (Phi) is 5.81. The molecule has 0 aliphatic rings. The van der Waals surface area contributed by atoms with Gasteiger partial charge < -0.3 is 4.90 Å². The number of rotatable bonds is 4. The van der Waals surface area contributed by atoms with Crippen molar-refractivity contribution in [3.63, 3.8) is 0 Å². The van der Waals surface area contributed by atoms with Crippen molar-refractivity contribution < 1.29 is 4.79 Å². The lowest BCUT2D eigenvalue weighted by molar-refractivity contribution is 0.0972. The molecule has 0 atom stereocenters. The summed E-state index contributed by atoms with van der Waals surface area (Å²) in [4.78, 5) is 13.5. The first-order valence-electron chi connectivity index (χ1n) is 4.43. The monoisotopic (exact) mass is 193 g/mol. The number of carbonyl (C=O) groups excluding carboxylic acids is 1. The molecule has 0 N–H and O–H groups in total. The van der Waals surface area contributed by atoms with Gasteiger partial charge in [-0.25, -0.2) is 0 Å². The van der Waals surface area contributed by atoms with Crippen LogP contribution < -0.4 is 0 Å². The lowest BCUT2D eigenvalue weighted by Gasteiger charge is -2.07. The Hall–Kier alpha value is -1.15. The van der Waals surface area contributed by atoms with E-state index in [2.05, 4.69) is 0 Å². The molecular weight excluding hydrogens is 174 g/mol. The molecule has 0 heterocycles. The minimum atomic E-state index is 0. The van der Waals surface area contributed by atoms with Gasteiger partial charge in [-0.3, -0.25) is 4.79 Å². The second-order valence-corrected chi connectivity index (χ2v) is 3.34. The molecule has 0 aromatic heterocycles. The van der Waals surface area contributed by atoms with E-state index in [0.29, 0.717) is 6.42 Å². The fraction of sp³-hybridized carbons (Fsp3) is 0.417. The zero-order valence-electron chi connectivity index (χ0n) is 8.16. The van der Waals surface area contributed by atoms with Crippen molar-refractivity contribution in [2.24, 2.45) is 0 Å². The molecule has 0 amide bonds. The third-order valence-electron chi connectivity index (χ3n) is 1.88. The van der Waals surface area contributed by atoms with Crippen molar-refractivity contribution in [1.29, 1.82) is 0 Å². The fourth-order valence-electron chi connectivity index (χ4n) is 1.09. The van der Waals surface area contributed by atoms with Crippen molar-refractivity contribution in [2.45, 2.75) is 13.8 Å². The van der Waals surface area contributed by atoms with Gasteiger partial charge in [0.05, 0.1) is 0 Å². The molecule has 0 aliphatic heterocycles. The van der Waals surface area contributed by atoms with E-state index < -0.39 is 0 Å². The van der Waals surface area contributed by atoms with Gasteiger partial charge in [0.25, 0.3) is 0 Å². The van der Waals surface area contributed by atoms with Crippen LogP contribution in [0.25, 0.3) is 0 Å². The Balaban J connectivity index is 0.00000169. The second-order valence-electron chi connectivity index (χ2n) is 3.34. The van der Waals surface area contributed by atoms with Crippen LogP contribution in [0.2, 0.25) is 0 Å². The molecule has 1 aromatic rings. The number of benzene rings is 1. The van der Waals surface area contributed by atoms with Gasteiger partial charge in [0.15, 0.2) is 5.78 Å². The van der Waals surface area contributed by atoms with Crippen molar-refractivity contribution >= 4 is 5.78 Å². The van der Waals surface area contributed by atoms with Crippen LogP contribution in [-0.4, -0.2) is 31.3 Å². The lowest BCUT2D eigenvalue weighted by atomic mass is 10.1. The van der Waals surface area contributed by atoms with Crippen molar-refractivity contribution in [1.82, 2.24) is 4.90 Å². The second kappa shape index (κ2) is 6.33. The van der Waals surface area contributed by atoms with E-state index in [1.54, 1.807) is 0 Å². The highest BCUT2D eigenvalue weighted by atomic mass is 16.1. The predicted octanol–water partition coefficient (Wildman–Crippen LogP) is 2.46. The first kappa shape index (κ1) is 12.8. The van der Waals surface area contributed by atoms with Crippen molar-refractivity contribution in [2.75, 3.05) is 20.6 Å². The number of Topliss-reactive ketones (excluding diaryl/α,β-unsaturated/α-hetero) is 1. The SMILES string of the molecule is C.CN(C)CCC(=O)c1ccccc1. The summed E-state index contributed by atoms with van der Waals surface area (Å²) in [5.74, 6) is 0.217. The van der Waals surface area contributed by atoms with Gasteiger partial charge in [-0.2, -0.15) is 0 Å². The molecule has 1 rings (SSSR count). The third kappa shape index (κ3) is 4.19. The van der Waals surface area contributed by atoms with Crippen molar-refractivity contribution in [3.05, 3.63) is 35.9 Å². The van der Waals surface area contributed by atoms with Crippen LogP contribution in [0.3, 0.4) is 0 Å². The molecular formula is C12H19NO. The largest absolute Gasteiger partial charge is 0.309 e. The molecule has 0 fully saturated rings. The molecule has 2 heteroatoms. The maximum Gasteiger partial charge on any atom is 0.164 e. The average Bonchev–Trinajstić information content (AvgIpc) is 2.15. The molecule has 78 valence electrons. The van der Waals surface area contributed by atoms with Crippen LogP contribution in [0.4, 0.5) is 0 Å². The number of hydrogen-bond acceptors (Lipinski definition) is 2. The summed E-state index contributed by atoms with van der Waals surface area (Å²) in [6, 6.07) is 9.42. The third-order valence-corrected chi connectivity index (χ3v) is 1.88. The maximum absolute atomic E-state index is 11.5. The summed E-state index contributed by atoms with van der Waals surface area (Å²) in [5.41, 5.74) is 0.810. The van der Waals surface area contributed by atoms with E-state index in [-0.39, 0.29) is 13.2 Å². The van der Waals surface area contributed by atoms with E-state index >= 15 is 0 Å².